The summed E-state index contributed by atoms with van der Waals surface area (Å²) in [5.74, 6) is 0.219. The van der Waals surface area contributed by atoms with Crippen LogP contribution < -0.4 is 15.5 Å². The van der Waals surface area contributed by atoms with Crippen molar-refractivity contribution in [1.82, 2.24) is 15.1 Å². The zero-order chi connectivity index (χ0) is 19.7. The molecule has 0 unspecified atom stereocenters. The Morgan fingerprint density at radius 2 is 1.96 bits per heavy atom. The molecule has 6 nitrogen and oxygen atoms in total. The van der Waals surface area contributed by atoms with Gasteiger partial charge in [0.25, 0.3) is 5.91 Å². The van der Waals surface area contributed by atoms with Crippen molar-refractivity contribution in [3.8, 4) is 11.4 Å². The predicted octanol–water partition coefficient (Wildman–Crippen LogP) is 3.45. The second-order valence-corrected chi connectivity index (χ2v) is 6.97. The van der Waals surface area contributed by atoms with Gasteiger partial charge < -0.3 is 10.1 Å². The molecule has 2 aromatic carbocycles. The first kappa shape index (κ1) is 18.3. The van der Waals surface area contributed by atoms with E-state index in [0.717, 1.165) is 11.3 Å². The van der Waals surface area contributed by atoms with Gasteiger partial charge in [0.15, 0.2) is 5.69 Å². The molecule has 0 spiro atoms. The minimum atomic E-state index is -0.521. The third kappa shape index (κ3) is 3.39. The summed E-state index contributed by atoms with van der Waals surface area (Å²) in [6.07, 6.45) is 0.618. The van der Waals surface area contributed by atoms with Gasteiger partial charge in [0.2, 0.25) is 5.43 Å². The van der Waals surface area contributed by atoms with Crippen LogP contribution in [0.5, 0.6) is 5.75 Å². The number of benzene rings is 2. The SMILES string of the molecule is Cc1cc(=O)c(C(=O)N[C@@H]2CCOc3ccccc32)nn1-c1ccccc1Cl. The number of aryl methyl sites for hydroxylation is 1. The number of carbonyl (C=O) groups excluding carboxylic acids is 1. The predicted molar refractivity (Wildman–Crippen MR) is 106 cm³/mol. The van der Waals surface area contributed by atoms with Crippen LogP contribution in [0.15, 0.2) is 59.4 Å². The largest absolute Gasteiger partial charge is 0.493 e. The van der Waals surface area contributed by atoms with E-state index < -0.39 is 11.3 Å². The molecule has 1 aliphatic heterocycles. The lowest BCUT2D eigenvalue weighted by Crippen LogP contribution is -2.36. The van der Waals surface area contributed by atoms with E-state index in [9.17, 15) is 9.59 Å². The molecular formula is C21H18ClN3O3. The van der Waals surface area contributed by atoms with Gasteiger partial charge in [-0.05, 0) is 25.1 Å². The van der Waals surface area contributed by atoms with Crippen LogP contribution >= 0.6 is 11.6 Å². The molecule has 1 amide bonds. The first-order valence-corrected chi connectivity index (χ1v) is 9.31. The number of rotatable bonds is 3. The van der Waals surface area contributed by atoms with E-state index in [4.69, 9.17) is 16.3 Å². The fraction of sp³-hybridized carbons (Fsp3) is 0.190. The van der Waals surface area contributed by atoms with E-state index in [2.05, 4.69) is 10.4 Å². The fourth-order valence-electron chi connectivity index (χ4n) is 3.29. The second-order valence-electron chi connectivity index (χ2n) is 6.56. The normalized spacial score (nSPS) is 15.4. The molecule has 3 aromatic rings. The summed E-state index contributed by atoms with van der Waals surface area (Å²) in [6.45, 7) is 2.24. The summed E-state index contributed by atoms with van der Waals surface area (Å²) in [7, 11) is 0. The number of nitrogens with zero attached hydrogens (tertiary/aromatic N) is 2. The highest BCUT2D eigenvalue weighted by Gasteiger charge is 2.25. The summed E-state index contributed by atoms with van der Waals surface area (Å²) in [4.78, 5) is 25.3. The summed E-state index contributed by atoms with van der Waals surface area (Å²) >= 11 is 6.26. The van der Waals surface area contributed by atoms with E-state index in [1.165, 1.54) is 10.7 Å². The average Bonchev–Trinajstić information content (AvgIpc) is 2.69. The van der Waals surface area contributed by atoms with Crippen LogP contribution in [0, 0.1) is 6.92 Å². The van der Waals surface area contributed by atoms with E-state index >= 15 is 0 Å². The van der Waals surface area contributed by atoms with Crippen molar-refractivity contribution in [2.45, 2.75) is 19.4 Å². The standard InChI is InChI=1S/C21H18ClN3O3/c1-13-12-18(26)20(24-25(13)17-8-4-3-7-15(17)22)21(27)23-16-10-11-28-19-9-5-2-6-14(16)19/h2-9,12,16H,10-11H2,1H3,(H,23,27)/t16-/m1/s1. The lowest BCUT2D eigenvalue weighted by molar-refractivity contribution is 0.0916. The summed E-state index contributed by atoms with van der Waals surface area (Å²) in [5.41, 5.74) is 1.48. The lowest BCUT2D eigenvalue weighted by atomic mass is 10.0. The highest BCUT2D eigenvalue weighted by molar-refractivity contribution is 6.32. The zero-order valence-corrected chi connectivity index (χ0v) is 15.9. The molecule has 0 radical (unpaired) electrons. The van der Waals surface area contributed by atoms with Crippen molar-refractivity contribution in [2.75, 3.05) is 6.61 Å². The number of halogens is 1. The van der Waals surface area contributed by atoms with Gasteiger partial charge in [0.1, 0.15) is 5.75 Å². The highest BCUT2D eigenvalue weighted by atomic mass is 35.5. The molecule has 0 aliphatic carbocycles. The average molecular weight is 396 g/mol. The van der Waals surface area contributed by atoms with Crippen LogP contribution in [0.25, 0.3) is 5.69 Å². The highest BCUT2D eigenvalue weighted by Crippen LogP contribution is 2.31. The van der Waals surface area contributed by atoms with Gasteiger partial charge in [-0.15, -0.1) is 0 Å². The quantitative estimate of drug-likeness (QED) is 0.737. The minimum absolute atomic E-state index is 0.172. The Hall–Kier alpha value is -3.12. The Morgan fingerprint density at radius 1 is 1.21 bits per heavy atom. The van der Waals surface area contributed by atoms with E-state index in [0.29, 0.717) is 29.4 Å². The minimum Gasteiger partial charge on any atom is -0.493 e. The fourth-order valence-corrected chi connectivity index (χ4v) is 3.51. The Labute approximate surface area is 166 Å². The van der Waals surface area contributed by atoms with Gasteiger partial charge in [-0.25, -0.2) is 4.68 Å². The smallest absolute Gasteiger partial charge is 0.276 e. The van der Waals surface area contributed by atoms with Crippen molar-refractivity contribution in [3.05, 3.63) is 86.8 Å². The van der Waals surface area contributed by atoms with Crippen LogP contribution in [0.4, 0.5) is 0 Å². The van der Waals surface area contributed by atoms with Gasteiger partial charge in [0.05, 0.1) is 23.4 Å². The maximum Gasteiger partial charge on any atom is 0.276 e. The number of hydrogen-bond donors (Lipinski definition) is 1. The van der Waals surface area contributed by atoms with Crippen molar-refractivity contribution in [1.29, 1.82) is 0 Å². The molecule has 28 heavy (non-hydrogen) atoms. The Kier molecular flexibility index (Phi) is 4.88. The molecule has 1 aromatic heterocycles. The summed E-state index contributed by atoms with van der Waals surface area (Å²) in [5, 5.41) is 7.70. The Balaban J connectivity index is 1.68. The molecule has 1 aliphatic rings. The van der Waals surface area contributed by atoms with E-state index in [1.54, 1.807) is 25.1 Å². The van der Waals surface area contributed by atoms with E-state index in [-0.39, 0.29) is 11.7 Å². The number of amides is 1. The van der Waals surface area contributed by atoms with E-state index in [1.807, 2.05) is 30.3 Å². The lowest BCUT2D eigenvalue weighted by Gasteiger charge is -2.26. The number of aromatic nitrogens is 2. The van der Waals surface area contributed by atoms with Crippen molar-refractivity contribution < 1.29 is 9.53 Å². The Bertz CT molecular complexity index is 1110. The van der Waals surface area contributed by atoms with Crippen LogP contribution in [-0.2, 0) is 0 Å². The third-order valence-corrected chi connectivity index (χ3v) is 4.99. The maximum atomic E-state index is 12.9. The topological polar surface area (TPSA) is 73.2 Å². The molecule has 1 atom stereocenters. The van der Waals surface area contributed by atoms with Gasteiger partial charge in [-0.2, -0.15) is 5.10 Å². The molecule has 4 rings (SSSR count). The van der Waals surface area contributed by atoms with Crippen molar-refractivity contribution in [2.24, 2.45) is 0 Å². The summed E-state index contributed by atoms with van der Waals surface area (Å²) < 4.78 is 7.13. The molecular weight excluding hydrogens is 378 g/mol. The second kappa shape index (κ2) is 7.48. The maximum absolute atomic E-state index is 12.9. The van der Waals surface area contributed by atoms with Crippen LogP contribution in [0.1, 0.15) is 34.2 Å². The third-order valence-electron chi connectivity index (χ3n) is 4.67. The molecule has 0 saturated carbocycles. The molecule has 0 saturated heterocycles. The van der Waals surface area contributed by atoms with Gasteiger partial charge in [-0.3, -0.25) is 9.59 Å². The summed E-state index contributed by atoms with van der Waals surface area (Å²) in [6, 6.07) is 15.8. The first-order chi connectivity index (χ1) is 13.5. The van der Waals surface area contributed by atoms with Gasteiger partial charge in [0, 0.05) is 23.7 Å². The van der Waals surface area contributed by atoms with Crippen LogP contribution in [0.2, 0.25) is 5.02 Å². The zero-order valence-electron chi connectivity index (χ0n) is 15.2. The molecule has 2 heterocycles. The number of carbonyl (C=O) groups is 1. The molecule has 1 N–H and O–H groups in total. The molecule has 0 fully saturated rings. The van der Waals surface area contributed by atoms with Crippen molar-refractivity contribution >= 4 is 17.5 Å². The van der Waals surface area contributed by atoms with Gasteiger partial charge >= 0.3 is 0 Å². The molecule has 7 heteroatoms. The first-order valence-electron chi connectivity index (χ1n) is 8.93. The van der Waals surface area contributed by atoms with Crippen LogP contribution in [-0.4, -0.2) is 22.3 Å². The molecule has 142 valence electrons. The number of hydrogen-bond acceptors (Lipinski definition) is 4. The number of fused-ring (bicyclic) bond motifs is 1. The Morgan fingerprint density at radius 3 is 2.79 bits per heavy atom. The molecule has 0 bridgehead atoms. The number of nitrogens with one attached hydrogen (secondary N) is 1. The number of ether oxygens (including phenoxy) is 1. The van der Waals surface area contributed by atoms with Gasteiger partial charge in [-0.1, -0.05) is 41.9 Å². The van der Waals surface area contributed by atoms with Crippen LogP contribution in [0.3, 0.4) is 0 Å². The number of para-hydroxylation sites is 2. The monoisotopic (exact) mass is 395 g/mol. The van der Waals surface area contributed by atoms with Crippen molar-refractivity contribution in [3.63, 3.8) is 0 Å².